The second-order valence-corrected chi connectivity index (χ2v) is 14.9. The smallest absolute Gasteiger partial charge is 0.369 e. The second-order valence-electron chi connectivity index (χ2n) is 6.36. The van der Waals surface area contributed by atoms with Crippen LogP contribution in [0.5, 0.6) is 11.5 Å². The van der Waals surface area contributed by atoms with E-state index < -0.39 is 0 Å². The third-order valence-electron chi connectivity index (χ3n) is 4.09. The fourth-order valence-electron chi connectivity index (χ4n) is 2.66. The largest absolute Gasteiger partial charge is 0.507 e. The van der Waals surface area contributed by atoms with Gasteiger partial charge in [0.05, 0.1) is 18.5 Å². The van der Waals surface area contributed by atoms with Crippen LogP contribution >= 0.6 is 117 Å². The van der Waals surface area contributed by atoms with Gasteiger partial charge in [-0.05, 0) is 47.5 Å². The Bertz CT molecular complexity index is 1370. The highest BCUT2D eigenvalue weighted by Gasteiger charge is 2.16. The van der Waals surface area contributed by atoms with Gasteiger partial charge >= 0.3 is 3.18 Å². The first kappa shape index (κ1) is 32.7. The molecule has 0 spiro atoms. The Morgan fingerprint density at radius 3 is 1.54 bits per heavy atom. The number of nitrogens with zero attached hydrogens (tertiary/aromatic N) is 4. The minimum atomic E-state index is -0.0207. The molecule has 2 aromatic carbocycles. The van der Waals surface area contributed by atoms with Crippen LogP contribution in [-0.2, 0) is 0 Å². The molecule has 0 atom stereocenters. The van der Waals surface area contributed by atoms with Crippen molar-refractivity contribution in [3.05, 3.63) is 79.4 Å². The van der Waals surface area contributed by atoms with E-state index in [0.717, 1.165) is 0 Å². The molecule has 4 aromatic rings. The predicted octanol–water partition coefficient (Wildman–Crippen LogP) is 10.1. The summed E-state index contributed by atoms with van der Waals surface area (Å²) in [7, 11) is 1.57. The third-order valence-corrected chi connectivity index (χ3v) is 5.88. The highest BCUT2D eigenvalue weighted by atomic mass is 79.9. The number of hydrogen-bond acceptors (Lipinski definition) is 6. The maximum absolute atomic E-state index is 9.66. The minimum absolute atomic E-state index is 0.0207. The maximum atomic E-state index is 9.66. The van der Waals surface area contributed by atoms with Gasteiger partial charge in [-0.1, -0.05) is 70.7 Å². The van der Waals surface area contributed by atoms with Crippen molar-refractivity contribution in [2.75, 3.05) is 7.11 Å². The van der Waals surface area contributed by atoms with Crippen LogP contribution in [0.3, 0.4) is 0 Å². The maximum Gasteiger partial charge on any atom is 0.369 e. The molecule has 0 saturated heterocycles. The zero-order valence-corrected chi connectivity index (χ0v) is 27.5. The summed E-state index contributed by atoms with van der Waals surface area (Å²) in [6, 6.07) is 13.9. The van der Waals surface area contributed by atoms with Crippen LogP contribution < -0.4 is 4.74 Å². The van der Waals surface area contributed by atoms with E-state index in [4.69, 9.17) is 74.3 Å². The van der Waals surface area contributed by atoms with Crippen molar-refractivity contribution in [2.45, 2.75) is 0 Å². The van der Waals surface area contributed by atoms with Crippen LogP contribution in [0.2, 0.25) is 30.9 Å². The number of hydrogen-bond donors (Lipinski definition) is 1. The van der Waals surface area contributed by atoms with Gasteiger partial charge in [-0.25, -0.2) is 19.9 Å². The lowest BCUT2D eigenvalue weighted by atomic mass is 10.1. The van der Waals surface area contributed by atoms with Crippen LogP contribution in [0.4, 0.5) is 0 Å². The summed E-state index contributed by atoms with van der Waals surface area (Å²) in [6.07, 6.45) is 0. The SMILES string of the molecule is BrB(Br)Br.COc1ccccc1-c1nc(Cl)nc(Cl)c1Cl.Oc1ccccc1-c1nc(Cl)nc(Cl)c1Cl. The van der Waals surface area contributed by atoms with E-state index in [1.807, 2.05) is 18.2 Å². The summed E-state index contributed by atoms with van der Waals surface area (Å²) in [5.41, 5.74) is 1.93. The summed E-state index contributed by atoms with van der Waals surface area (Å²) >= 11 is 44.4. The molecule has 0 aliphatic rings. The number of ether oxygens (including phenoxy) is 1. The van der Waals surface area contributed by atoms with Gasteiger partial charge in [0.2, 0.25) is 10.6 Å². The Hall–Kier alpha value is -0.555. The monoisotopic (exact) mass is 810 g/mol. The van der Waals surface area contributed by atoms with Gasteiger partial charge in [0.15, 0.2) is 10.3 Å². The van der Waals surface area contributed by atoms with E-state index in [-0.39, 0.29) is 39.9 Å². The summed E-state index contributed by atoms with van der Waals surface area (Å²) in [6.45, 7) is 0. The molecule has 194 valence electrons. The molecule has 2 heterocycles. The fourth-order valence-corrected chi connectivity index (χ4v) is 3.80. The first-order chi connectivity index (χ1) is 17.5. The van der Waals surface area contributed by atoms with E-state index >= 15 is 0 Å². The standard InChI is InChI=1S/C11H7Cl3N2O.C10H5Cl3N2O.BBr3/c1-17-7-5-3-2-4-6(7)9-8(12)10(13)16-11(14)15-9;11-7-8(14-10(13)15-9(7)12)5-3-1-2-4-6(5)16;2-1(3)4/h2-5H,1H3;1-4,16H;. The van der Waals surface area contributed by atoms with E-state index in [2.05, 4.69) is 67.2 Å². The van der Waals surface area contributed by atoms with Crippen molar-refractivity contribution in [3.8, 4) is 34.0 Å². The molecule has 1 N–H and O–H groups in total. The molecule has 37 heavy (non-hydrogen) atoms. The highest BCUT2D eigenvalue weighted by Crippen LogP contribution is 2.37. The van der Waals surface area contributed by atoms with Gasteiger partial charge in [-0.3, -0.25) is 0 Å². The number of halogens is 9. The van der Waals surface area contributed by atoms with Crippen LogP contribution in [0.15, 0.2) is 48.5 Å². The molecule has 0 amide bonds. The highest BCUT2D eigenvalue weighted by molar-refractivity contribution is 9.69. The van der Waals surface area contributed by atoms with Crippen LogP contribution in [0.25, 0.3) is 22.5 Å². The number of methoxy groups -OCH3 is 1. The molecule has 0 saturated carbocycles. The third kappa shape index (κ3) is 9.85. The molecule has 0 bridgehead atoms. The number of aromatic hydroxyl groups is 1. The number of rotatable bonds is 3. The summed E-state index contributed by atoms with van der Waals surface area (Å²) < 4.78 is 5.50. The number of aromatic nitrogens is 4. The zero-order chi connectivity index (χ0) is 27.7. The van der Waals surface area contributed by atoms with Gasteiger partial charge in [0.1, 0.15) is 21.5 Å². The van der Waals surface area contributed by atoms with Gasteiger partial charge in [0.25, 0.3) is 0 Å². The number of para-hydroxylation sites is 2. The molecule has 2 aromatic heterocycles. The predicted molar refractivity (Wildman–Crippen MR) is 166 cm³/mol. The summed E-state index contributed by atoms with van der Waals surface area (Å²) in [4.78, 5) is 15.5. The number of benzene rings is 2. The van der Waals surface area contributed by atoms with Crippen molar-refractivity contribution in [1.82, 2.24) is 19.9 Å². The molecule has 6 nitrogen and oxygen atoms in total. The molecule has 0 unspecified atom stereocenters. The van der Waals surface area contributed by atoms with Gasteiger partial charge in [-0.15, -0.1) is 47.3 Å². The topological polar surface area (TPSA) is 81.0 Å². The normalized spacial score (nSPS) is 10.0. The first-order valence-electron chi connectivity index (χ1n) is 9.57. The Kier molecular flexibility index (Phi) is 14.0. The Morgan fingerprint density at radius 1 is 0.676 bits per heavy atom. The van der Waals surface area contributed by atoms with Crippen molar-refractivity contribution in [2.24, 2.45) is 0 Å². The van der Waals surface area contributed by atoms with E-state index in [0.29, 0.717) is 28.3 Å². The van der Waals surface area contributed by atoms with Crippen molar-refractivity contribution >= 4 is 120 Å². The average molecular weight is 816 g/mol. The molecule has 4 rings (SSSR count). The van der Waals surface area contributed by atoms with Crippen LogP contribution in [0.1, 0.15) is 0 Å². The fraction of sp³-hybridized carbons (Fsp3) is 0.0476. The number of phenolic OH excluding ortho intramolecular Hbond substituents is 1. The lowest BCUT2D eigenvalue weighted by Crippen LogP contribution is -1.94. The quantitative estimate of drug-likeness (QED) is 0.126. The molecular formula is C21H12BBr3Cl6N4O2. The molecule has 0 fully saturated rings. The van der Waals surface area contributed by atoms with Crippen LogP contribution in [0, 0.1) is 0 Å². The zero-order valence-electron chi connectivity index (χ0n) is 18.2. The molecule has 0 radical (unpaired) electrons. The molecule has 0 aliphatic heterocycles. The summed E-state index contributed by atoms with van der Waals surface area (Å²) in [5, 5.41) is 10.3. The van der Waals surface area contributed by atoms with Gasteiger partial charge in [0, 0.05) is 11.1 Å². The number of phenols is 1. The van der Waals surface area contributed by atoms with E-state index in [1.165, 1.54) is 6.07 Å². The van der Waals surface area contributed by atoms with E-state index in [1.54, 1.807) is 31.4 Å². The Morgan fingerprint density at radius 2 is 1.08 bits per heavy atom. The van der Waals surface area contributed by atoms with Gasteiger partial charge in [-0.2, -0.15) is 0 Å². The first-order valence-corrected chi connectivity index (χ1v) is 14.6. The molecule has 0 aliphatic carbocycles. The molecular weight excluding hydrogens is 803 g/mol. The lowest BCUT2D eigenvalue weighted by Gasteiger charge is -2.09. The summed E-state index contributed by atoms with van der Waals surface area (Å²) in [5.74, 6) is 0.690. The van der Waals surface area contributed by atoms with Gasteiger partial charge < -0.3 is 9.84 Å². The van der Waals surface area contributed by atoms with Crippen molar-refractivity contribution in [1.29, 1.82) is 0 Å². The second kappa shape index (κ2) is 15.9. The molecule has 16 heteroatoms. The van der Waals surface area contributed by atoms with Crippen molar-refractivity contribution < 1.29 is 9.84 Å². The lowest BCUT2D eigenvalue weighted by molar-refractivity contribution is 0.416. The Balaban J connectivity index is 0.000000228. The van der Waals surface area contributed by atoms with Crippen LogP contribution in [-0.4, -0.2) is 35.3 Å². The van der Waals surface area contributed by atoms with E-state index in [9.17, 15) is 5.11 Å². The minimum Gasteiger partial charge on any atom is -0.507 e. The van der Waals surface area contributed by atoms with Crippen molar-refractivity contribution in [3.63, 3.8) is 0 Å². The Labute approximate surface area is 268 Å². The average Bonchev–Trinajstić information content (AvgIpc) is 2.84.